The van der Waals surface area contributed by atoms with Crippen LogP contribution in [-0.2, 0) is 13.6 Å². The Balaban J connectivity index is 2.17. The van der Waals surface area contributed by atoms with Gasteiger partial charge in [0.05, 0.1) is 5.69 Å². The molecule has 3 rings (SSSR count). The first-order valence-corrected chi connectivity index (χ1v) is 7.69. The summed E-state index contributed by atoms with van der Waals surface area (Å²) in [6, 6.07) is 6.08. The minimum absolute atomic E-state index is 0.116. The Bertz CT molecular complexity index is 842. The summed E-state index contributed by atoms with van der Waals surface area (Å²) >= 11 is 2.27. The Morgan fingerprint density at radius 1 is 1.43 bits per heavy atom. The van der Waals surface area contributed by atoms with Gasteiger partial charge in [-0.25, -0.2) is 0 Å². The van der Waals surface area contributed by atoms with E-state index in [1.54, 1.807) is 22.4 Å². The first-order valence-electron chi connectivity index (χ1n) is 6.61. The molecule has 0 fully saturated rings. The predicted molar refractivity (Wildman–Crippen MR) is 91.8 cm³/mol. The first-order chi connectivity index (χ1) is 10.0. The number of aromatic nitrogens is 2. The third-order valence-corrected chi connectivity index (χ3v) is 4.31. The molecule has 1 aromatic heterocycles. The maximum absolute atomic E-state index is 10.3. The zero-order valence-corrected chi connectivity index (χ0v) is 13.9. The van der Waals surface area contributed by atoms with Crippen LogP contribution in [0.1, 0.15) is 18.2 Å². The van der Waals surface area contributed by atoms with Gasteiger partial charge in [-0.1, -0.05) is 0 Å². The molecule has 108 valence electrons. The highest BCUT2D eigenvalue weighted by Crippen LogP contribution is 2.34. The number of allylic oxidation sites excluding steroid dienone is 1. The molecule has 0 bridgehead atoms. The van der Waals surface area contributed by atoms with Gasteiger partial charge in [0.15, 0.2) is 0 Å². The lowest BCUT2D eigenvalue weighted by Gasteiger charge is -2.02. The smallest absolute Gasteiger partial charge is 0.218 e. The second-order valence-electron chi connectivity index (χ2n) is 4.86. The molecule has 0 saturated carbocycles. The molecule has 0 saturated heterocycles. The zero-order valence-electron chi connectivity index (χ0n) is 11.8. The Morgan fingerprint density at radius 3 is 2.86 bits per heavy atom. The number of halogens is 1. The molecule has 1 aliphatic rings. The second-order valence-corrected chi connectivity index (χ2v) is 6.10. The fourth-order valence-corrected chi connectivity index (χ4v) is 2.96. The molecule has 6 heteroatoms. The van der Waals surface area contributed by atoms with Gasteiger partial charge >= 0.3 is 0 Å². The summed E-state index contributed by atoms with van der Waals surface area (Å²) in [5.41, 5.74) is 3.83. The molecule has 1 aliphatic heterocycles. The monoisotopic (exact) mass is 394 g/mol. The van der Waals surface area contributed by atoms with E-state index >= 15 is 0 Å². The van der Waals surface area contributed by atoms with Crippen molar-refractivity contribution in [3.05, 3.63) is 38.6 Å². The summed E-state index contributed by atoms with van der Waals surface area (Å²) in [4.78, 5) is 4.39. The number of aromatic hydroxyl groups is 1. The summed E-state index contributed by atoms with van der Waals surface area (Å²) < 4.78 is 4.38. The van der Waals surface area contributed by atoms with E-state index in [1.165, 1.54) is 0 Å². The Morgan fingerprint density at radius 2 is 2.19 bits per heavy atom. The molecule has 1 aromatic carbocycles. The molecule has 0 amide bonds. The second kappa shape index (κ2) is 5.18. The van der Waals surface area contributed by atoms with E-state index in [1.807, 2.05) is 25.1 Å². The summed E-state index contributed by atoms with van der Waals surface area (Å²) in [7, 11) is 1.78. The highest BCUT2D eigenvalue weighted by Gasteiger charge is 2.17. The quantitative estimate of drug-likeness (QED) is 0.756. The van der Waals surface area contributed by atoms with Gasteiger partial charge in [-0.3, -0.25) is 15.0 Å². The fourth-order valence-electron chi connectivity index (χ4n) is 2.47. The molecule has 0 spiro atoms. The van der Waals surface area contributed by atoms with Crippen LogP contribution in [-0.4, -0.2) is 20.5 Å². The number of imidazole rings is 1. The highest BCUT2D eigenvalue weighted by atomic mass is 127. The van der Waals surface area contributed by atoms with Crippen molar-refractivity contribution in [1.82, 2.24) is 9.13 Å². The lowest BCUT2D eigenvalue weighted by Crippen LogP contribution is -2.22. The number of rotatable bonds is 2. The van der Waals surface area contributed by atoms with Gasteiger partial charge < -0.3 is 9.67 Å². The molecule has 0 unspecified atom stereocenters. The molecule has 0 aliphatic carbocycles. The van der Waals surface area contributed by atoms with Crippen LogP contribution in [0.2, 0.25) is 0 Å². The lowest BCUT2D eigenvalue weighted by atomic mass is 10.1. The van der Waals surface area contributed by atoms with Crippen LogP contribution in [0.5, 0.6) is 5.88 Å². The molecule has 0 atom stereocenters. The van der Waals surface area contributed by atoms with Gasteiger partial charge in [0.25, 0.3) is 0 Å². The van der Waals surface area contributed by atoms with Crippen molar-refractivity contribution < 1.29 is 5.11 Å². The lowest BCUT2D eigenvalue weighted by molar-refractivity contribution is 0.415. The standard InChI is InChI=1S/C15H15IN4O/c1-3-20-14(21)13(19(2)15(20)17)6-9-8-18-12-5-4-10(16)7-11(9)12/h4-8,17,21H,3H2,1-2H3. The summed E-state index contributed by atoms with van der Waals surface area (Å²) in [5.74, 6) is 0.116. The summed E-state index contributed by atoms with van der Waals surface area (Å²) in [5, 5.41) is 18.3. The van der Waals surface area contributed by atoms with Gasteiger partial charge in [-0.2, -0.15) is 0 Å². The molecule has 0 radical (unpaired) electrons. The van der Waals surface area contributed by atoms with Crippen LogP contribution in [0.25, 0.3) is 11.6 Å². The zero-order chi connectivity index (χ0) is 15.1. The van der Waals surface area contributed by atoms with E-state index in [2.05, 4.69) is 33.6 Å². The molecule has 5 nitrogen and oxygen atoms in total. The maximum Gasteiger partial charge on any atom is 0.218 e. The molecule has 21 heavy (non-hydrogen) atoms. The number of nitrogens with zero attached hydrogens (tertiary/aromatic N) is 3. The van der Waals surface area contributed by atoms with E-state index in [4.69, 9.17) is 5.41 Å². The van der Waals surface area contributed by atoms with Crippen LogP contribution in [0.3, 0.4) is 0 Å². The van der Waals surface area contributed by atoms with E-state index in [9.17, 15) is 5.11 Å². The maximum atomic E-state index is 10.3. The Hall–Kier alpha value is -1.83. The van der Waals surface area contributed by atoms with E-state index in [0.29, 0.717) is 12.2 Å². The number of benzene rings is 1. The molecular weight excluding hydrogens is 379 g/mol. The number of nitrogens with one attached hydrogen (secondary N) is 1. The van der Waals surface area contributed by atoms with Crippen LogP contribution >= 0.6 is 22.6 Å². The van der Waals surface area contributed by atoms with Gasteiger partial charge in [0.2, 0.25) is 11.5 Å². The van der Waals surface area contributed by atoms with E-state index in [0.717, 1.165) is 20.4 Å². The molecule has 2 heterocycles. The minimum Gasteiger partial charge on any atom is -0.493 e. The minimum atomic E-state index is 0.116. The van der Waals surface area contributed by atoms with Crippen molar-refractivity contribution >= 4 is 46.1 Å². The largest absolute Gasteiger partial charge is 0.493 e. The number of fused-ring (bicyclic) bond motifs is 1. The highest BCUT2D eigenvalue weighted by molar-refractivity contribution is 14.1. The van der Waals surface area contributed by atoms with Crippen molar-refractivity contribution in [2.75, 3.05) is 0 Å². The summed E-state index contributed by atoms with van der Waals surface area (Å²) in [6.07, 6.45) is 3.68. The Kier molecular flexibility index (Phi) is 3.48. The number of hydrogen-bond acceptors (Lipinski definition) is 3. The topological polar surface area (TPSA) is 66.3 Å². The summed E-state index contributed by atoms with van der Waals surface area (Å²) in [6.45, 7) is 2.47. The third kappa shape index (κ3) is 2.23. The normalized spacial score (nSPS) is 14.9. The average molecular weight is 394 g/mol. The molecular formula is C15H15IN4O. The van der Waals surface area contributed by atoms with Gasteiger partial charge in [-0.05, 0) is 53.8 Å². The van der Waals surface area contributed by atoms with Crippen LogP contribution < -0.4 is 5.62 Å². The van der Waals surface area contributed by atoms with Gasteiger partial charge in [0.1, 0.15) is 5.69 Å². The first kappa shape index (κ1) is 14.1. The fraction of sp³-hybridized carbons (Fsp3) is 0.200. The predicted octanol–water partition coefficient (Wildman–Crippen LogP) is 2.89. The van der Waals surface area contributed by atoms with Crippen molar-refractivity contribution in [2.24, 2.45) is 12.0 Å². The molecule has 2 N–H and O–H groups in total. The van der Waals surface area contributed by atoms with E-state index < -0.39 is 0 Å². The SMILES string of the molecule is CCn1c(O)c(C=C2C=Nc3ccc(I)cc32)n(C)c1=N. The van der Waals surface area contributed by atoms with E-state index in [-0.39, 0.29) is 11.5 Å². The van der Waals surface area contributed by atoms with Crippen molar-refractivity contribution in [2.45, 2.75) is 13.5 Å². The third-order valence-electron chi connectivity index (χ3n) is 3.64. The van der Waals surface area contributed by atoms with Crippen LogP contribution in [0.4, 0.5) is 5.69 Å². The molecule has 2 aromatic rings. The average Bonchev–Trinajstić information content (AvgIpc) is 2.94. The van der Waals surface area contributed by atoms with Crippen LogP contribution in [0, 0.1) is 8.98 Å². The van der Waals surface area contributed by atoms with Gasteiger partial charge in [0, 0.05) is 34.5 Å². The number of aliphatic imine (C=N–C) groups is 1. The van der Waals surface area contributed by atoms with Gasteiger partial charge in [-0.15, -0.1) is 0 Å². The van der Waals surface area contributed by atoms with Crippen molar-refractivity contribution in [1.29, 1.82) is 5.41 Å². The number of hydrogen-bond donors (Lipinski definition) is 2. The van der Waals surface area contributed by atoms with Crippen LogP contribution in [0.15, 0.2) is 23.2 Å². The van der Waals surface area contributed by atoms with Crippen molar-refractivity contribution in [3.63, 3.8) is 0 Å². The Labute approximate surface area is 135 Å². The van der Waals surface area contributed by atoms with Crippen molar-refractivity contribution in [3.8, 4) is 5.88 Å².